The topological polar surface area (TPSA) is 93.4 Å². The van der Waals surface area contributed by atoms with Gasteiger partial charge in [-0.25, -0.2) is 22.8 Å². The van der Waals surface area contributed by atoms with Gasteiger partial charge in [-0.15, -0.1) is 0 Å². The molecule has 9 heteroatoms. The molecule has 138 valence electrons. The van der Waals surface area contributed by atoms with E-state index in [2.05, 4.69) is 15.1 Å². The summed E-state index contributed by atoms with van der Waals surface area (Å²) in [5.74, 6) is -2.85. The summed E-state index contributed by atoms with van der Waals surface area (Å²) in [4.78, 5) is 8.20. The monoisotopic (exact) mass is 380 g/mol. The molecule has 0 amide bonds. The lowest BCUT2D eigenvalue weighted by molar-refractivity contribution is 0.493. The second-order valence-electron chi connectivity index (χ2n) is 5.96. The van der Waals surface area contributed by atoms with E-state index >= 15 is 0 Å². The van der Waals surface area contributed by atoms with E-state index in [0.717, 1.165) is 6.07 Å². The van der Waals surface area contributed by atoms with Crippen LogP contribution in [0.5, 0.6) is 0 Å². The molecule has 2 aromatic heterocycles. The molecule has 0 spiro atoms. The fourth-order valence-corrected chi connectivity index (χ4v) is 2.93. The number of fused-ring (bicyclic) bond motifs is 1. The lowest BCUT2D eigenvalue weighted by Crippen LogP contribution is -2.07. The number of nitrogens with two attached hydrogens (primary N) is 1. The van der Waals surface area contributed by atoms with Gasteiger partial charge in [-0.2, -0.15) is 15.3 Å². The molecule has 2 heterocycles. The van der Waals surface area contributed by atoms with Crippen molar-refractivity contribution < 1.29 is 13.2 Å². The third-order valence-electron chi connectivity index (χ3n) is 4.24. The van der Waals surface area contributed by atoms with Crippen molar-refractivity contribution in [1.82, 2.24) is 19.7 Å². The molecule has 0 fully saturated rings. The SMILES string of the molecule is N#Cc1cccc(-c2nc(N)nc3c2cnn3Cc2cccc(F)c2F)c1F. The Morgan fingerprint density at radius 1 is 1.04 bits per heavy atom. The Kier molecular flexibility index (Phi) is 4.16. The highest BCUT2D eigenvalue weighted by Crippen LogP contribution is 2.30. The second kappa shape index (κ2) is 6.66. The Hall–Kier alpha value is -3.93. The number of hydrogen-bond acceptors (Lipinski definition) is 5. The predicted molar refractivity (Wildman–Crippen MR) is 95.3 cm³/mol. The molecule has 0 saturated heterocycles. The van der Waals surface area contributed by atoms with Crippen LogP contribution in [-0.2, 0) is 6.54 Å². The largest absolute Gasteiger partial charge is 0.368 e. The van der Waals surface area contributed by atoms with Gasteiger partial charge in [0.25, 0.3) is 0 Å². The summed E-state index contributed by atoms with van der Waals surface area (Å²) in [6.07, 6.45) is 1.39. The highest BCUT2D eigenvalue weighted by molar-refractivity contribution is 5.91. The Balaban J connectivity index is 1.88. The highest BCUT2D eigenvalue weighted by atomic mass is 19.2. The van der Waals surface area contributed by atoms with Crippen LogP contribution < -0.4 is 5.73 Å². The van der Waals surface area contributed by atoms with E-state index in [4.69, 9.17) is 11.0 Å². The number of hydrogen-bond donors (Lipinski definition) is 1. The average Bonchev–Trinajstić information content (AvgIpc) is 3.08. The quantitative estimate of drug-likeness (QED) is 0.588. The second-order valence-corrected chi connectivity index (χ2v) is 5.96. The van der Waals surface area contributed by atoms with Gasteiger partial charge in [0.1, 0.15) is 11.9 Å². The van der Waals surface area contributed by atoms with Crippen LogP contribution in [0.4, 0.5) is 19.1 Å². The summed E-state index contributed by atoms with van der Waals surface area (Å²) in [5, 5.41) is 13.5. The molecule has 0 aliphatic rings. The van der Waals surface area contributed by atoms with Gasteiger partial charge in [-0.05, 0) is 18.2 Å². The first-order valence-electron chi connectivity index (χ1n) is 8.10. The first kappa shape index (κ1) is 17.5. The maximum absolute atomic E-state index is 14.6. The van der Waals surface area contributed by atoms with Crippen LogP contribution in [0.1, 0.15) is 11.1 Å². The van der Waals surface area contributed by atoms with E-state index in [9.17, 15) is 13.2 Å². The van der Waals surface area contributed by atoms with Gasteiger partial charge < -0.3 is 5.73 Å². The molecule has 4 aromatic rings. The third-order valence-corrected chi connectivity index (χ3v) is 4.24. The Morgan fingerprint density at radius 2 is 1.82 bits per heavy atom. The zero-order chi connectivity index (χ0) is 19.8. The lowest BCUT2D eigenvalue weighted by Gasteiger charge is -2.08. The Morgan fingerprint density at radius 3 is 2.61 bits per heavy atom. The number of nitrogen functional groups attached to an aromatic ring is 1. The minimum Gasteiger partial charge on any atom is -0.368 e. The molecule has 28 heavy (non-hydrogen) atoms. The van der Waals surface area contributed by atoms with Gasteiger partial charge in [0.15, 0.2) is 17.3 Å². The van der Waals surface area contributed by atoms with Gasteiger partial charge >= 0.3 is 0 Å². The van der Waals surface area contributed by atoms with Crippen LogP contribution in [-0.4, -0.2) is 19.7 Å². The summed E-state index contributed by atoms with van der Waals surface area (Å²) in [6, 6.07) is 9.92. The van der Waals surface area contributed by atoms with Crippen LogP contribution in [0, 0.1) is 28.8 Å². The van der Waals surface area contributed by atoms with Gasteiger partial charge in [-0.3, -0.25) is 0 Å². The van der Waals surface area contributed by atoms with Crippen LogP contribution in [0.15, 0.2) is 42.6 Å². The van der Waals surface area contributed by atoms with Gasteiger partial charge in [-0.1, -0.05) is 18.2 Å². The van der Waals surface area contributed by atoms with E-state index in [-0.39, 0.29) is 40.5 Å². The summed E-state index contributed by atoms with van der Waals surface area (Å²) in [6.45, 7) is -0.107. The first-order valence-corrected chi connectivity index (χ1v) is 8.10. The zero-order valence-electron chi connectivity index (χ0n) is 14.2. The van der Waals surface area contributed by atoms with Gasteiger partial charge in [0, 0.05) is 11.1 Å². The summed E-state index contributed by atoms with van der Waals surface area (Å²) < 4.78 is 43.4. The molecular formula is C19H11F3N6. The van der Waals surface area contributed by atoms with E-state index in [1.165, 1.54) is 41.2 Å². The number of nitrogens with zero attached hydrogens (tertiary/aromatic N) is 5. The van der Waals surface area contributed by atoms with Gasteiger partial charge in [0.05, 0.1) is 29.4 Å². The van der Waals surface area contributed by atoms with Crippen molar-refractivity contribution in [2.24, 2.45) is 0 Å². The number of aromatic nitrogens is 4. The molecule has 4 rings (SSSR count). The van der Waals surface area contributed by atoms with Crippen molar-refractivity contribution in [3.63, 3.8) is 0 Å². The molecule has 0 aliphatic carbocycles. The predicted octanol–water partition coefficient (Wildman–Crippen LogP) is 3.41. The van der Waals surface area contributed by atoms with Crippen LogP contribution >= 0.6 is 0 Å². The van der Waals surface area contributed by atoms with E-state index in [1.807, 2.05) is 0 Å². The number of benzene rings is 2. The normalized spacial score (nSPS) is 10.9. The number of rotatable bonds is 3. The number of halogens is 3. The average molecular weight is 380 g/mol. The van der Waals surface area contributed by atoms with Crippen molar-refractivity contribution >= 4 is 17.0 Å². The molecule has 2 aromatic carbocycles. The van der Waals surface area contributed by atoms with Crippen molar-refractivity contribution in [3.8, 4) is 17.3 Å². The van der Waals surface area contributed by atoms with Gasteiger partial charge in [0.2, 0.25) is 5.95 Å². The smallest absolute Gasteiger partial charge is 0.222 e. The van der Waals surface area contributed by atoms with E-state index in [1.54, 1.807) is 6.07 Å². The molecular weight excluding hydrogens is 369 g/mol. The fraction of sp³-hybridized carbons (Fsp3) is 0.0526. The number of anilines is 1. The van der Waals surface area contributed by atoms with Crippen molar-refractivity contribution in [2.45, 2.75) is 6.54 Å². The highest BCUT2D eigenvalue weighted by Gasteiger charge is 2.19. The molecule has 2 N–H and O–H groups in total. The molecule has 6 nitrogen and oxygen atoms in total. The lowest BCUT2D eigenvalue weighted by atomic mass is 10.1. The molecule has 0 bridgehead atoms. The minimum atomic E-state index is -0.985. The summed E-state index contributed by atoms with van der Waals surface area (Å²) in [7, 11) is 0. The van der Waals surface area contributed by atoms with Crippen molar-refractivity contribution in [3.05, 3.63) is 71.2 Å². The standard InChI is InChI=1S/C19H11F3N6/c20-14-6-2-4-11(16(14)22)9-28-18-13(8-25-28)17(26-19(24)27-18)12-5-1-3-10(7-23)15(12)21/h1-6,8H,9H2,(H2,24,26,27). The molecule has 0 saturated carbocycles. The van der Waals surface area contributed by atoms with E-state index in [0.29, 0.717) is 5.39 Å². The van der Waals surface area contributed by atoms with Crippen LogP contribution in [0.3, 0.4) is 0 Å². The summed E-state index contributed by atoms with van der Waals surface area (Å²) >= 11 is 0. The Bertz CT molecular complexity index is 1260. The number of nitriles is 1. The summed E-state index contributed by atoms with van der Waals surface area (Å²) in [5.41, 5.74) is 6.15. The fourth-order valence-electron chi connectivity index (χ4n) is 2.93. The molecule has 0 unspecified atom stereocenters. The molecule has 0 atom stereocenters. The van der Waals surface area contributed by atoms with Crippen LogP contribution in [0.25, 0.3) is 22.3 Å². The maximum atomic E-state index is 14.6. The third kappa shape index (κ3) is 2.81. The minimum absolute atomic E-state index is 0.0645. The van der Waals surface area contributed by atoms with E-state index < -0.39 is 17.5 Å². The zero-order valence-corrected chi connectivity index (χ0v) is 14.2. The maximum Gasteiger partial charge on any atom is 0.222 e. The van der Waals surface area contributed by atoms with Crippen molar-refractivity contribution in [2.75, 3.05) is 5.73 Å². The van der Waals surface area contributed by atoms with Crippen molar-refractivity contribution in [1.29, 1.82) is 5.26 Å². The molecule has 0 aliphatic heterocycles. The molecule has 0 radical (unpaired) electrons. The first-order chi connectivity index (χ1) is 13.5. The Labute approximate surface area is 156 Å². The van der Waals surface area contributed by atoms with Crippen LogP contribution in [0.2, 0.25) is 0 Å².